The van der Waals surface area contributed by atoms with Crippen LogP contribution in [0.5, 0.6) is 0 Å². The molecule has 2 rings (SSSR count). The summed E-state index contributed by atoms with van der Waals surface area (Å²) in [7, 11) is 0. The number of rotatable bonds is 5. The van der Waals surface area contributed by atoms with Crippen molar-refractivity contribution in [3.8, 4) is 0 Å². The van der Waals surface area contributed by atoms with Gasteiger partial charge in [0.25, 0.3) is 0 Å². The third-order valence-electron chi connectivity index (χ3n) is 4.19. The number of aliphatic hydroxyl groups is 1. The molecule has 0 aliphatic carbocycles. The topological polar surface area (TPSA) is 36.4 Å². The lowest BCUT2D eigenvalue weighted by Crippen LogP contribution is -2.45. The van der Waals surface area contributed by atoms with E-state index in [4.69, 9.17) is 0 Å². The minimum absolute atomic E-state index is 0.0673. The van der Waals surface area contributed by atoms with Gasteiger partial charge < -0.3 is 10.0 Å². The van der Waals surface area contributed by atoms with Crippen LogP contribution in [0.1, 0.15) is 31.7 Å². The molecule has 0 amide bonds. The second kappa shape index (κ2) is 6.62. The third kappa shape index (κ3) is 3.42. The Morgan fingerprint density at radius 2 is 2.32 bits per heavy atom. The van der Waals surface area contributed by atoms with Crippen molar-refractivity contribution in [2.24, 2.45) is 5.41 Å². The maximum absolute atomic E-state index is 9.67. The molecule has 1 N–H and O–H groups in total. The lowest BCUT2D eigenvalue weighted by atomic mass is 9.78. The van der Waals surface area contributed by atoms with Crippen LogP contribution in [0.15, 0.2) is 18.3 Å². The molecule has 0 bridgehead atoms. The Morgan fingerprint density at radius 3 is 2.89 bits per heavy atom. The Kier molecular flexibility index (Phi) is 5.11. The van der Waals surface area contributed by atoms with Gasteiger partial charge in [-0.2, -0.15) is 11.8 Å². The zero-order chi connectivity index (χ0) is 13.7. The SMILES string of the molecule is CC[C@@]1(CO)CCCN(c2ccc(CSC)cn2)C1. The molecule has 1 aromatic rings. The van der Waals surface area contributed by atoms with Crippen molar-refractivity contribution in [3.05, 3.63) is 23.9 Å². The Balaban J connectivity index is 2.08. The zero-order valence-corrected chi connectivity index (χ0v) is 12.7. The molecule has 0 radical (unpaired) electrons. The van der Waals surface area contributed by atoms with Crippen LogP contribution < -0.4 is 4.90 Å². The monoisotopic (exact) mass is 280 g/mol. The first kappa shape index (κ1) is 14.7. The average molecular weight is 280 g/mol. The molecule has 0 aromatic carbocycles. The van der Waals surface area contributed by atoms with Gasteiger partial charge in [0.2, 0.25) is 0 Å². The third-order valence-corrected chi connectivity index (χ3v) is 4.81. The summed E-state index contributed by atoms with van der Waals surface area (Å²) in [5, 5.41) is 9.67. The minimum atomic E-state index is 0.0673. The van der Waals surface area contributed by atoms with Crippen molar-refractivity contribution in [1.29, 1.82) is 0 Å². The summed E-state index contributed by atoms with van der Waals surface area (Å²) in [6.45, 7) is 4.44. The summed E-state index contributed by atoms with van der Waals surface area (Å²) in [6.07, 6.45) is 7.39. The predicted octanol–water partition coefficient (Wildman–Crippen LogP) is 2.93. The van der Waals surface area contributed by atoms with E-state index in [-0.39, 0.29) is 12.0 Å². The van der Waals surface area contributed by atoms with Crippen LogP contribution in [0, 0.1) is 5.41 Å². The van der Waals surface area contributed by atoms with E-state index in [1.807, 2.05) is 18.0 Å². The van der Waals surface area contributed by atoms with Crippen LogP contribution in [-0.2, 0) is 5.75 Å². The van der Waals surface area contributed by atoms with E-state index in [1.165, 1.54) is 5.56 Å². The van der Waals surface area contributed by atoms with Gasteiger partial charge in [-0.05, 0) is 37.1 Å². The summed E-state index contributed by atoms with van der Waals surface area (Å²) in [5.74, 6) is 2.07. The molecular weight excluding hydrogens is 256 g/mol. The van der Waals surface area contributed by atoms with E-state index in [0.29, 0.717) is 0 Å². The lowest BCUT2D eigenvalue weighted by molar-refractivity contribution is 0.101. The zero-order valence-electron chi connectivity index (χ0n) is 11.9. The molecule has 19 heavy (non-hydrogen) atoms. The summed E-state index contributed by atoms with van der Waals surface area (Å²) in [6, 6.07) is 4.29. The molecule has 4 heteroatoms. The van der Waals surface area contributed by atoms with Gasteiger partial charge in [-0.25, -0.2) is 4.98 Å². The van der Waals surface area contributed by atoms with Gasteiger partial charge in [0.15, 0.2) is 0 Å². The van der Waals surface area contributed by atoms with Crippen molar-refractivity contribution in [1.82, 2.24) is 4.98 Å². The molecule has 1 saturated heterocycles. The van der Waals surface area contributed by atoms with Crippen molar-refractivity contribution in [2.75, 3.05) is 30.9 Å². The standard InChI is InChI=1S/C15H24N2OS/c1-3-15(12-18)7-4-8-17(11-15)14-6-5-13(9-16-14)10-19-2/h5-6,9,18H,3-4,7-8,10-12H2,1-2H3/t15-/m1/s1. The van der Waals surface area contributed by atoms with Crippen molar-refractivity contribution < 1.29 is 5.11 Å². The van der Waals surface area contributed by atoms with Crippen LogP contribution in [0.3, 0.4) is 0 Å². The normalized spacial score (nSPS) is 23.6. The van der Waals surface area contributed by atoms with Crippen molar-refractivity contribution >= 4 is 17.6 Å². The first-order valence-electron chi connectivity index (χ1n) is 7.03. The van der Waals surface area contributed by atoms with Crippen LogP contribution in [0.25, 0.3) is 0 Å². The second-order valence-electron chi connectivity index (χ2n) is 5.49. The van der Waals surface area contributed by atoms with Gasteiger partial charge in [-0.1, -0.05) is 13.0 Å². The van der Waals surface area contributed by atoms with E-state index in [9.17, 15) is 5.11 Å². The van der Waals surface area contributed by atoms with Gasteiger partial charge >= 0.3 is 0 Å². The Labute approximate surface area is 120 Å². The molecule has 0 saturated carbocycles. The molecular formula is C15H24N2OS. The Bertz CT molecular complexity index is 390. The number of aromatic nitrogens is 1. The van der Waals surface area contributed by atoms with Crippen molar-refractivity contribution in [2.45, 2.75) is 31.9 Å². The fourth-order valence-electron chi connectivity index (χ4n) is 2.79. The van der Waals surface area contributed by atoms with Crippen molar-refractivity contribution in [3.63, 3.8) is 0 Å². The number of thioether (sulfide) groups is 1. The molecule has 1 fully saturated rings. The fraction of sp³-hybridized carbons (Fsp3) is 0.667. The second-order valence-corrected chi connectivity index (χ2v) is 6.36. The quantitative estimate of drug-likeness (QED) is 0.899. The molecule has 1 aromatic heterocycles. The van der Waals surface area contributed by atoms with Crippen LogP contribution >= 0.6 is 11.8 Å². The molecule has 3 nitrogen and oxygen atoms in total. The molecule has 1 atom stereocenters. The number of hydrogen-bond donors (Lipinski definition) is 1. The highest BCUT2D eigenvalue weighted by atomic mass is 32.2. The number of hydrogen-bond acceptors (Lipinski definition) is 4. The van der Waals surface area contributed by atoms with Crippen LogP contribution in [-0.4, -0.2) is 36.0 Å². The summed E-state index contributed by atoms with van der Waals surface area (Å²) < 4.78 is 0. The molecule has 106 valence electrons. The van der Waals surface area contributed by atoms with Gasteiger partial charge in [0.1, 0.15) is 5.82 Å². The Hall–Kier alpha value is -0.740. The highest BCUT2D eigenvalue weighted by Gasteiger charge is 2.33. The van der Waals surface area contributed by atoms with Crippen LogP contribution in [0.4, 0.5) is 5.82 Å². The summed E-state index contributed by atoms with van der Waals surface area (Å²) in [5.41, 5.74) is 1.34. The predicted molar refractivity (Wildman–Crippen MR) is 82.7 cm³/mol. The van der Waals surface area contributed by atoms with Crippen LogP contribution in [0.2, 0.25) is 0 Å². The van der Waals surface area contributed by atoms with Gasteiger partial charge in [0.05, 0.1) is 6.61 Å². The van der Waals surface area contributed by atoms with Gasteiger partial charge in [0, 0.05) is 30.5 Å². The highest BCUT2D eigenvalue weighted by molar-refractivity contribution is 7.97. The first-order chi connectivity index (χ1) is 9.23. The first-order valence-corrected chi connectivity index (χ1v) is 8.42. The summed E-state index contributed by atoms with van der Waals surface area (Å²) in [4.78, 5) is 6.91. The smallest absolute Gasteiger partial charge is 0.128 e. The number of anilines is 1. The van der Waals surface area contributed by atoms with E-state index in [2.05, 4.69) is 35.2 Å². The molecule has 0 spiro atoms. The maximum Gasteiger partial charge on any atom is 0.128 e. The molecule has 1 aliphatic rings. The largest absolute Gasteiger partial charge is 0.396 e. The van der Waals surface area contributed by atoms with E-state index >= 15 is 0 Å². The summed E-state index contributed by atoms with van der Waals surface area (Å²) >= 11 is 1.82. The minimum Gasteiger partial charge on any atom is -0.396 e. The Morgan fingerprint density at radius 1 is 1.47 bits per heavy atom. The van der Waals surface area contributed by atoms with E-state index in [1.54, 1.807) is 0 Å². The maximum atomic E-state index is 9.67. The fourth-order valence-corrected chi connectivity index (χ4v) is 3.29. The average Bonchev–Trinajstić information content (AvgIpc) is 2.48. The number of pyridine rings is 1. The lowest BCUT2D eigenvalue weighted by Gasteiger charge is -2.42. The number of nitrogens with zero attached hydrogens (tertiary/aromatic N) is 2. The van der Waals surface area contributed by atoms with Gasteiger partial charge in [-0.15, -0.1) is 0 Å². The van der Waals surface area contributed by atoms with E-state index < -0.39 is 0 Å². The molecule has 2 heterocycles. The molecule has 0 unspecified atom stereocenters. The highest BCUT2D eigenvalue weighted by Crippen LogP contribution is 2.34. The van der Waals surface area contributed by atoms with Gasteiger partial charge in [-0.3, -0.25) is 0 Å². The number of piperidine rings is 1. The number of aliphatic hydroxyl groups excluding tert-OH is 1. The van der Waals surface area contributed by atoms with E-state index in [0.717, 1.165) is 43.9 Å². The molecule has 1 aliphatic heterocycles.